The minimum Gasteiger partial charge on any atom is -0.248 e. The highest BCUT2D eigenvalue weighted by Gasteiger charge is 2.06. The molecule has 1 nitrogen and oxygen atoms in total. The first-order valence-electron chi connectivity index (χ1n) is 4.80. The van der Waals surface area contributed by atoms with Gasteiger partial charge in [0.25, 0.3) is 0 Å². The molecular weight excluding hydrogens is 182 g/mol. The van der Waals surface area contributed by atoms with E-state index in [0.29, 0.717) is 0 Å². The van der Waals surface area contributed by atoms with Crippen molar-refractivity contribution in [2.24, 2.45) is 0 Å². The van der Waals surface area contributed by atoms with Gasteiger partial charge in [0, 0.05) is 6.20 Å². The van der Waals surface area contributed by atoms with Crippen molar-refractivity contribution in [2.75, 3.05) is 0 Å². The van der Waals surface area contributed by atoms with Gasteiger partial charge in [-0.3, -0.25) is 0 Å². The fraction of sp³-hybridized carbons (Fsp3) is 0.0714. The summed E-state index contributed by atoms with van der Waals surface area (Å²) in [5.74, 6) is 2.48. The average Bonchev–Trinajstić information content (AvgIpc) is 2.87. The van der Waals surface area contributed by atoms with Gasteiger partial charge in [-0.05, 0) is 41.7 Å². The maximum atomic E-state index is 5.14. The third kappa shape index (κ3) is 2.24. The van der Waals surface area contributed by atoms with Crippen molar-refractivity contribution in [2.45, 2.75) is 6.92 Å². The molecule has 0 atom stereocenters. The highest BCUT2D eigenvalue weighted by Crippen LogP contribution is 2.32. The van der Waals surface area contributed by atoms with E-state index in [1.165, 1.54) is 11.1 Å². The second-order valence-corrected chi connectivity index (χ2v) is 3.39. The van der Waals surface area contributed by atoms with Gasteiger partial charge >= 0.3 is 0 Å². The molecule has 0 aromatic carbocycles. The second-order valence-electron chi connectivity index (χ2n) is 3.39. The molecule has 0 N–H and O–H groups in total. The smallest absolute Gasteiger partial charge is 0.115 e. The van der Waals surface area contributed by atoms with Crippen LogP contribution >= 0.6 is 0 Å². The fourth-order valence-electron chi connectivity index (χ4n) is 1.31. The van der Waals surface area contributed by atoms with Crippen LogP contribution in [0.5, 0.6) is 0 Å². The van der Waals surface area contributed by atoms with Crippen LogP contribution < -0.4 is 0 Å². The molecule has 1 heteroatoms. The Morgan fingerprint density at radius 2 is 1.87 bits per heavy atom. The number of benzene rings is 1. The third-order valence-corrected chi connectivity index (χ3v) is 2.26. The molecule has 2 aliphatic carbocycles. The Labute approximate surface area is 89.8 Å². The molecule has 72 valence electrons. The van der Waals surface area contributed by atoms with Gasteiger partial charge in [0.05, 0.1) is 0 Å². The molecule has 0 radical (unpaired) electrons. The molecule has 1 aromatic heterocycles. The van der Waals surface area contributed by atoms with Crippen LogP contribution in [0, 0.1) is 19.3 Å². The van der Waals surface area contributed by atoms with Crippen molar-refractivity contribution in [3.63, 3.8) is 0 Å². The topological polar surface area (TPSA) is 12.9 Å². The first-order chi connectivity index (χ1) is 7.31. The monoisotopic (exact) mass is 193 g/mol. The summed E-state index contributed by atoms with van der Waals surface area (Å²) in [6.07, 6.45) is 6.83. The van der Waals surface area contributed by atoms with Crippen LogP contribution in [0.2, 0.25) is 0 Å². The highest BCUT2D eigenvalue weighted by atomic mass is 14.7. The van der Waals surface area contributed by atoms with E-state index in [4.69, 9.17) is 6.42 Å². The van der Waals surface area contributed by atoms with Gasteiger partial charge < -0.3 is 0 Å². The van der Waals surface area contributed by atoms with Gasteiger partial charge in [-0.2, -0.15) is 0 Å². The zero-order valence-electron chi connectivity index (χ0n) is 8.57. The Morgan fingerprint density at radius 1 is 1.13 bits per heavy atom. The number of hydrogen-bond donors (Lipinski definition) is 0. The Bertz CT molecular complexity index is 504. The molecule has 1 aromatic rings. The number of aromatic nitrogens is 1. The second kappa shape index (κ2) is 3.98. The van der Waals surface area contributed by atoms with Crippen LogP contribution in [-0.2, 0) is 0 Å². The summed E-state index contributed by atoms with van der Waals surface area (Å²) in [5.41, 5.74) is 4.64. The fourth-order valence-corrected chi connectivity index (χ4v) is 1.31. The molecule has 0 amide bonds. The number of aryl methyl sites for hydroxylation is 1. The van der Waals surface area contributed by atoms with E-state index in [0.717, 1.165) is 11.3 Å². The van der Waals surface area contributed by atoms with Crippen molar-refractivity contribution in [3.8, 4) is 23.5 Å². The SMILES string of the molecule is C#Cc1ncccc1C.c1cc2cc-2c1. The van der Waals surface area contributed by atoms with E-state index in [-0.39, 0.29) is 0 Å². The van der Waals surface area contributed by atoms with Gasteiger partial charge in [0.15, 0.2) is 0 Å². The Hall–Kier alpha value is -2.07. The number of terminal acetylenes is 1. The minimum atomic E-state index is 0.734. The lowest BCUT2D eigenvalue weighted by atomic mass is 10.2. The van der Waals surface area contributed by atoms with Crippen molar-refractivity contribution in [1.82, 2.24) is 4.98 Å². The number of hydrogen-bond acceptors (Lipinski definition) is 1. The van der Waals surface area contributed by atoms with E-state index in [1.54, 1.807) is 6.20 Å². The van der Waals surface area contributed by atoms with E-state index in [2.05, 4.69) is 35.2 Å². The third-order valence-electron chi connectivity index (χ3n) is 2.26. The van der Waals surface area contributed by atoms with E-state index in [9.17, 15) is 0 Å². The molecule has 15 heavy (non-hydrogen) atoms. The first-order valence-corrected chi connectivity index (χ1v) is 4.80. The molecule has 3 rings (SSSR count). The van der Waals surface area contributed by atoms with E-state index in [1.807, 2.05) is 19.1 Å². The average molecular weight is 193 g/mol. The summed E-state index contributed by atoms with van der Waals surface area (Å²) >= 11 is 0. The molecule has 2 aliphatic rings. The summed E-state index contributed by atoms with van der Waals surface area (Å²) in [4.78, 5) is 3.96. The molecule has 0 aliphatic heterocycles. The van der Waals surface area contributed by atoms with Crippen LogP contribution in [0.3, 0.4) is 0 Å². The zero-order chi connectivity index (χ0) is 10.7. The van der Waals surface area contributed by atoms with Gasteiger partial charge in [-0.15, -0.1) is 6.42 Å². The summed E-state index contributed by atoms with van der Waals surface area (Å²) in [5, 5.41) is 0. The van der Waals surface area contributed by atoms with Crippen molar-refractivity contribution in [3.05, 3.63) is 53.9 Å². The zero-order valence-corrected chi connectivity index (χ0v) is 8.57. The number of rotatable bonds is 0. The molecule has 0 saturated heterocycles. The Morgan fingerprint density at radius 3 is 2.20 bits per heavy atom. The maximum Gasteiger partial charge on any atom is 0.115 e. The molecular formula is C14H11N. The quantitative estimate of drug-likeness (QED) is 0.500. The minimum absolute atomic E-state index is 0.734. The van der Waals surface area contributed by atoms with Crippen molar-refractivity contribution in [1.29, 1.82) is 0 Å². The Balaban J connectivity index is 0.000000121. The lowest BCUT2D eigenvalue weighted by molar-refractivity contribution is 1.23. The van der Waals surface area contributed by atoms with Crippen molar-refractivity contribution >= 4 is 0 Å². The molecule has 0 bridgehead atoms. The summed E-state index contributed by atoms with van der Waals surface area (Å²) in [6.45, 7) is 1.95. The van der Waals surface area contributed by atoms with Crippen molar-refractivity contribution < 1.29 is 0 Å². The number of pyridine rings is 1. The number of fused-ring (bicyclic) bond motifs is 1. The standard InChI is InChI=1S/C8H7N.C6H4/c1-3-8-7(2)5-4-6-9-8;1-2-5-4-6(5)3-1/h1,4-6H,2H3;1-4H. The van der Waals surface area contributed by atoms with E-state index < -0.39 is 0 Å². The largest absolute Gasteiger partial charge is 0.248 e. The van der Waals surface area contributed by atoms with Gasteiger partial charge in [0.1, 0.15) is 5.69 Å². The normalized spacial score (nSPS) is 9.60. The number of nitrogens with zero attached hydrogens (tertiary/aromatic N) is 1. The van der Waals surface area contributed by atoms with Crippen LogP contribution in [0.25, 0.3) is 11.1 Å². The highest BCUT2D eigenvalue weighted by molar-refractivity contribution is 5.80. The maximum absolute atomic E-state index is 5.14. The molecule has 0 fully saturated rings. The Kier molecular flexibility index (Phi) is 2.51. The summed E-state index contributed by atoms with van der Waals surface area (Å²) in [7, 11) is 0. The first kappa shape index (κ1) is 9.48. The lowest BCUT2D eigenvalue weighted by Gasteiger charge is -1.91. The lowest BCUT2D eigenvalue weighted by Crippen LogP contribution is -1.83. The molecule has 0 saturated carbocycles. The van der Waals surface area contributed by atoms with Gasteiger partial charge in [-0.1, -0.05) is 24.3 Å². The predicted octanol–water partition coefficient (Wildman–Crippen LogP) is 3.04. The predicted molar refractivity (Wildman–Crippen MR) is 62.3 cm³/mol. The van der Waals surface area contributed by atoms with Crippen LogP contribution in [0.4, 0.5) is 0 Å². The molecule has 0 unspecified atom stereocenters. The van der Waals surface area contributed by atoms with Crippen LogP contribution in [0.1, 0.15) is 11.3 Å². The summed E-state index contributed by atoms with van der Waals surface area (Å²) in [6, 6.07) is 12.3. The summed E-state index contributed by atoms with van der Waals surface area (Å²) < 4.78 is 0. The van der Waals surface area contributed by atoms with Gasteiger partial charge in [-0.25, -0.2) is 4.98 Å². The van der Waals surface area contributed by atoms with Gasteiger partial charge in [0.2, 0.25) is 0 Å². The molecule has 0 spiro atoms. The molecule has 1 heterocycles. The van der Waals surface area contributed by atoms with Crippen LogP contribution in [-0.4, -0.2) is 4.98 Å². The van der Waals surface area contributed by atoms with Crippen LogP contribution in [0.15, 0.2) is 42.6 Å². The van der Waals surface area contributed by atoms with E-state index >= 15 is 0 Å².